The Morgan fingerprint density at radius 2 is 2.18 bits per heavy atom. The van der Waals surface area contributed by atoms with Gasteiger partial charge in [-0.25, -0.2) is 15.3 Å². The third kappa shape index (κ3) is 4.77. The standard InChI is InChI=1S/C21H29N5O2/c27-19(23-13-9-17-6-2-1-3-7-17)16-26-14-10-21(11-15-26)24-20(25-28-21)18-8-4-5-12-22-18/h4-6,8,12H,1-3,7,9-11,13-16H2,(H,23,27)(H,24,25). The average molecular weight is 383 g/mol. The van der Waals surface area contributed by atoms with Gasteiger partial charge in [0.05, 0.1) is 6.54 Å². The minimum atomic E-state index is -0.534. The number of carbonyl (C=O) groups excluding carboxylic acids is 1. The van der Waals surface area contributed by atoms with Gasteiger partial charge in [0, 0.05) is 38.7 Å². The SMILES string of the molecule is O=C(CN1CCC2(CC1)N=C(c1ccccn1)NO2)NCCC1=CCCCC1. The van der Waals surface area contributed by atoms with E-state index in [-0.39, 0.29) is 5.91 Å². The molecule has 4 rings (SSSR count). The number of likely N-dealkylation sites (tertiary alicyclic amines) is 1. The second kappa shape index (κ2) is 8.84. The van der Waals surface area contributed by atoms with Crippen molar-refractivity contribution >= 4 is 11.7 Å². The van der Waals surface area contributed by atoms with Gasteiger partial charge in [0.25, 0.3) is 0 Å². The first-order valence-electron chi connectivity index (χ1n) is 10.3. The van der Waals surface area contributed by atoms with Crippen LogP contribution in [0.5, 0.6) is 0 Å². The number of pyridine rings is 1. The molecule has 2 aliphatic heterocycles. The summed E-state index contributed by atoms with van der Waals surface area (Å²) in [6.45, 7) is 2.77. The molecule has 1 saturated heterocycles. The lowest BCUT2D eigenvalue weighted by Gasteiger charge is -2.35. The fraction of sp³-hybridized carbons (Fsp3) is 0.571. The van der Waals surface area contributed by atoms with Gasteiger partial charge in [-0.15, -0.1) is 0 Å². The number of aromatic nitrogens is 1. The lowest BCUT2D eigenvalue weighted by molar-refractivity contribution is -0.125. The lowest BCUT2D eigenvalue weighted by atomic mass is 9.97. The summed E-state index contributed by atoms with van der Waals surface area (Å²) in [4.78, 5) is 29.3. The van der Waals surface area contributed by atoms with E-state index in [1.54, 1.807) is 6.20 Å². The molecule has 1 amide bonds. The highest BCUT2D eigenvalue weighted by Gasteiger charge is 2.40. The van der Waals surface area contributed by atoms with Crippen LogP contribution in [0.15, 0.2) is 41.0 Å². The molecule has 2 N–H and O–H groups in total. The second-order valence-electron chi connectivity index (χ2n) is 7.81. The van der Waals surface area contributed by atoms with E-state index >= 15 is 0 Å². The van der Waals surface area contributed by atoms with Crippen LogP contribution >= 0.6 is 0 Å². The molecular weight excluding hydrogens is 354 g/mol. The summed E-state index contributed by atoms with van der Waals surface area (Å²) in [7, 11) is 0. The summed E-state index contributed by atoms with van der Waals surface area (Å²) in [5.41, 5.74) is 4.68. The van der Waals surface area contributed by atoms with Gasteiger partial charge in [0.15, 0.2) is 11.6 Å². The summed E-state index contributed by atoms with van der Waals surface area (Å²) >= 11 is 0. The number of allylic oxidation sites excluding steroid dienone is 1. The van der Waals surface area contributed by atoms with Gasteiger partial charge in [0.2, 0.25) is 5.91 Å². The van der Waals surface area contributed by atoms with Gasteiger partial charge in [-0.3, -0.25) is 14.7 Å². The largest absolute Gasteiger partial charge is 0.355 e. The fourth-order valence-electron chi connectivity index (χ4n) is 4.03. The lowest BCUT2D eigenvalue weighted by Crippen LogP contribution is -2.47. The maximum Gasteiger partial charge on any atom is 0.234 e. The number of amidine groups is 1. The molecule has 1 aromatic heterocycles. The van der Waals surface area contributed by atoms with Crippen molar-refractivity contribution in [3.05, 3.63) is 41.7 Å². The van der Waals surface area contributed by atoms with Crippen LogP contribution in [0, 0.1) is 0 Å². The number of hydroxylamine groups is 1. The first-order valence-corrected chi connectivity index (χ1v) is 10.3. The van der Waals surface area contributed by atoms with E-state index in [1.165, 1.54) is 31.3 Å². The quantitative estimate of drug-likeness (QED) is 0.736. The molecule has 7 nitrogen and oxygen atoms in total. The van der Waals surface area contributed by atoms with Gasteiger partial charge in [-0.2, -0.15) is 0 Å². The summed E-state index contributed by atoms with van der Waals surface area (Å²) in [6, 6.07) is 5.73. The zero-order chi connectivity index (χ0) is 19.2. The molecule has 7 heteroatoms. The van der Waals surface area contributed by atoms with Crippen LogP contribution < -0.4 is 10.8 Å². The van der Waals surface area contributed by atoms with Crippen LogP contribution in [0.4, 0.5) is 0 Å². The van der Waals surface area contributed by atoms with Crippen LogP contribution in [0.1, 0.15) is 50.6 Å². The summed E-state index contributed by atoms with van der Waals surface area (Å²) in [5, 5.41) is 3.07. The molecule has 0 radical (unpaired) electrons. The number of nitrogens with one attached hydrogen (secondary N) is 2. The molecule has 0 aromatic carbocycles. The Morgan fingerprint density at radius 1 is 1.29 bits per heavy atom. The van der Waals surface area contributed by atoms with Crippen LogP contribution in [-0.4, -0.2) is 53.5 Å². The minimum absolute atomic E-state index is 0.107. The number of hydrogen-bond acceptors (Lipinski definition) is 6. The molecule has 0 atom stereocenters. The smallest absolute Gasteiger partial charge is 0.234 e. The fourth-order valence-corrected chi connectivity index (χ4v) is 4.03. The van der Waals surface area contributed by atoms with Crippen molar-refractivity contribution in [1.29, 1.82) is 0 Å². The number of aliphatic imine (C=N–C) groups is 1. The molecule has 1 aliphatic carbocycles. The van der Waals surface area contributed by atoms with Crippen molar-refractivity contribution in [3.63, 3.8) is 0 Å². The van der Waals surface area contributed by atoms with Gasteiger partial charge in [-0.1, -0.05) is 17.7 Å². The van der Waals surface area contributed by atoms with E-state index in [0.717, 1.165) is 44.6 Å². The Bertz CT molecular complexity index is 738. The number of hydrogen-bond donors (Lipinski definition) is 2. The first-order chi connectivity index (χ1) is 13.7. The molecule has 1 spiro atoms. The van der Waals surface area contributed by atoms with Crippen LogP contribution in [0.25, 0.3) is 0 Å². The molecular formula is C21H29N5O2. The van der Waals surface area contributed by atoms with Gasteiger partial charge in [-0.05, 0) is 44.2 Å². The summed E-state index contributed by atoms with van der Waals surface area (Å²) in [5.74, 6) is 0.791. The third-order valence-corrected chi connectivity index (χ3v) is 5.72. The highest BCUT2D eigenvalue weighted by Crippen LogP contribution is 2.30. The van der Waals surface area contributed by atoms with Gasteiger partial charge in [0.1, 0.15) is 5.69 Å². The Labute approximate surface area is 166 Å². The predicted molar refractivity (Wildman–Crippen MR) is 108 cm³/mol. The zero-order valence-electron chi connectivity index (χ0n) is 16.3. The second-order valence-corrected chi connectivity index (χ2v) is 7.81. The summed E-state index contributed by atoms with van der Waals surface area (Å²) < 4.78 is 0. The molecule has 150 valence electrons. The van der Waals surface area contributed by atoms with Gasteiger partial charge < -0.3 is 5.32 Å². The van der Waals surface area contributed by atoms with E-state index in [1.807, 2.05) is 18.2 Å². The minimum Gasteiger partial charge on any atom is -0.355 e. The molecule has 0 bridgehead atoms. The van der Waals surface area contributed by atoms with Crippen LogP contribution in [0.3, 0.4) is 0 Å². The number of amides is 1. The highest BCUT2D eigenvalue weighted by molar-refractivity contribution is 5.97. The Balaban J connectivity index is 1.21. The molecule has 1 fully saturated rings. The number of nitrogens with zero attached hydrogens (tertiary/aromatic N) is 3. The van der Waals surface area contributed by atoms with Crippen molar-refractivity contribution in [2.24, 2.45) is 4.99 Å². The van der Waals surface area contributed by atoms with Crippen molar-refractivity contribution in [2.45, 2.75) is 50.7 Å². The Kier molecular flexibility index (Phi) is 6.02. The van der Waals surface area contributed by atoms with Gasteiger partial charge >= 0.3 is 0 Å². The normalized spacial score (nSPS) is 21.7. The number of rotatable bonds is 6. The van der Waals surface area contributed by atoms with E-state index in [9.17, 15) is 4.79 Å². The van der Waals surface area contributed by atoms with E-state index in [2.05, 4.69) is 26.8 Å². The van der Waals surface area contributed by atoms with Crippen LogP contribution in [0.2, 0.25) is 0 Å². The van der Waals surface area contributed by atoms with E-state index in [0.29, 0.717) is 12.4 Å². The third-order valence-electron chi connectivity index (χ3n) is 5.72. The molecule has 3 heterocycles. The molecule has 3 aliphatic rings. The van der Waals surface area contributed by atoms with E-state index in [4.69, 9.17) is 9.83 Å². The van der Waals surface area contributed by atoms with Crippen LogP contribution in [-0.2, 0) is 9.63 Å². The average Bonchev–Trinajstić information content (AvgIpc) is 3.15. The Hall–Kier alpha value is -2.25. The first kappa shape index (κ1) is 19.1. The van der Waals surface area contributed by atoms with Crippen molar-refractivity contribution in [1.82, 2.24) is 20.7 Å². The van der Waals surface area contributed by atoms with Crippen molar-refractivity contribution < 1.29 is 9.63 Å². The van der Waals surface area contributed by atoms with E-state index < -0.39 is 5.72 Å². The molecule has 1 aromatic rings. The maximum atomic E-state index is 12.3. The number of carbonyl (C=O) groups is 1. The Morgan fingerprint density at radius 3 is 2.93 bits per heavy atom. The van der Waals surface area contributed by atoms with Crippen molar-refractivity contribution in [2.75, 3.05) is 26.2 Å². The molecule has 0 saturated carbocycles. The maximum absolute atomic E-state index is 12.3. The monoisotopic (exact) mass is 383 g/mol. The zero-order valence-corrected chi connectivity index (χ0v) is 16.3. The number of piperidine rings is 1. The topological polar surface area (TPSA) is 78.9 Å². The predicted octanol–water partition coefficient (Wildman–Crippen LogP) is 2.16. The van der Waals surface area contributed by atoms with Crippen molar-refractivity contribution in [3.8, 4) is 0 Å². The molecule has 0 unspecified atom stereocenters. The molecule has 28 heavy (non-hydrogen) atoms. The highest BCUT2D eigenvalue weighted by atomic mass is 16.7. The summed E-state index contributed by atoms with van der Waals surface area (Å²) in [6.07, 6.45) is 11.6.